The predicted octanol–water partition coefficient (Wildman–Crippen LogP) is 4.51. The van der Waals surface area contributed by atoms with Crippen LogP contribution in [0.25, 0.3) is 0 Å². The molecule has 0 saturated carbocycles. The first-order chi connectivity index (χ1) is 11.2. The van der Waals surface area contributed by atoms with Gasteiger partial charge in [0.05, 0.1) is 36.8 Å². The highest BCUT2D eigenvalue weighted by Gasteiger charge is 2.18. The van der Waals surface area contributed by atoms with Crippen molar-refractivity contribution in [1.82, 2.24) is 0 Å². The molecule has 0 fully saturated rings. The maximum absolute atomic E-state index is 12.2. The highest BCUT2D eigenvalue weighted by Crippen LogP contribution is 2.30. The van der Waals surface area contributed by atoms with E-state index in [0.29, 0.717) is 0 Å². The summed E-state index contributed by atoms with van der Waals surface area (Å²) in [6.07, 6.45) is 0. The summed E-state index contributed by atoms with van der Waals surface area (Å²) in [5.74, 6) is -2.00. The van der Waals surface area contributed by atoms with Crippen LogP contribution in [-0.2, 0) is 0 Å². The van der Waals surface area contributed by atoms with Crippen molar-refractivity contribution >= 4 is 58.1 Å². The maximum Gasteiger partial charge on any atom is 0.337 e. The van der Waals surface area contributed by atoms with E-state index in [9.17, 15) is 19.7 Å². The Labute approximate surface area is 149 Å². The summed E-state index contributed by atoms with van der Waals surface area (Å²) in [6, 6.07) is 5.61. The number of nitrogens with one attached hydrogen (secondary N) is 1. The number of nitro benzene ring substituents is 1. The van der Waals surface area contributed by atoms with Gasteiger partial charge in [-0.25, -0.2) is 4.79 Å². The van der Waals surface area contributed by atoms with Crippen molar-refractivity contribution in [1.29, 1.82) is 0 Å². The molecule has 0 aromatic heterocycles. The highest BCUT2D eigenvalue weighted by atomic mass is 35.5. The van der Waals surface area contributed by atoms with Crippen molar-refractivity contribution in [3.05, 3.63) is 66.6 Å². The van der Waals surface area contributed by atoms with Gasteiger partial charge < -0.3 is 10.4 Å². The van der Waals surface area contributed by atoms with E-state index in [1.807, 2.05) is 0 Å². The Bertz CT molecular complexity index is 870. The van der Waals surface area contributed by atoms with Crippen molar-refractivity contribution in [2.45, 2.75) is 0 Å². The number of carboxylic acids is 1. The molecule has 0 spiro atoms. The van der Waals surface area contributed by atoms with Crippen molar-refractivity contribution in [2.24, 2.45) is 0 Å². The molecule has 0 bridgehead atoms. The monoisotopic (exact) mass is 388 g/mol. The van der Waals surface area contributed by atoms with Gasteiger partial charge in [0, 0.05) is 12.1 Å². The Kier molecular flexibility index (Phi) is 5.28. The number of halogens is 3. The molecule has 0 atom stereocenters. The average Bonchev–Trinajstić information content (AvgIpc) is 2.49. The Hall–Kier alpha value is -2.35. The molecule has 2 aromatic carbocycles. The van der Waals surface area contributed by atoms with Gasteiger partial charge in [-0.2, -0.15) is 0 Å². The van der Waals surface area contributed by atoms with Gasteiger partial charge in [0.25, 0.3) is 11.6 Å². The van der Waals surface area contributed by atoms with Crippen molar-refractivity contribution in [2.75, 3.05) is 5.32 Å². The Balaban J connectivity index is 2.35. The number of rotatable bonds is 4. The van der Waals surface area contributed by atoms with Crippen LogP contribution in [-0.4, -0.2) is 21.9 Å². The van der Waals surface area contributed by atoms with Crippen LogP contribution in [0.3, 0.4) is 0 Å². The normalized spacial score (nSPS) is 10.3. The standard InChI is InChI=1S/C14H7Cl3N2O5/c15-9-3-6(19(23)24)1-2-7(9)13(20)18-12-4-8(14(21)22)10(16)5-11(12)17/h1-5H,(H,18,20)(H,21,22). The largest absolute Gasteiger partial charge is 0.478 e. The van der Waals surface area contributed by atoms with E-state index in [4.69, 9.17) is 39.9 Å². The summed E-state index contributed by atoms with van der Waals surface area (Å²) < 4.78 is 0. The van der Waals surface area contributed by atoms with Crippen LogP contribution in [0.15, 0.2) is 30.3 Å². The van der Waals surface area contributed by atoms with E-state index in [0.717, 1.165) is 18.2 Å². The van der Waals surface area contributed by atoms with E-state index in [1.54, 1.807) is 0 Å². The molecular formula is C14H7Cl3N2O5. The Morgan fingerprint density at radius 1 is 1.00 bits per heavy atom. The third kappa shape index (κ3) is 3.76. The molecule has 0 aliphatic carbocycles. The van der Waals surface area contributed by atoms with Crippen LogP contribution >= 0.6 is 34.8 Å². The van der Waals surface area contributed by atoms with Crippen LogP contribution < -0.4 is 5.32 Å². The summed E-state index contributed by atoms with van der Waals surface area (Å²) >= 11 is 17.6. The lowest BCUT2D eigenvalue weighted by Crippen LogP contribution is -2.13. The summed E-state index contributed by atoms with van der Waals surface area (Å²) in [5, 5.41) is 21.9. The minimum Gasteiger partial charge on any atom is -0.478 e. The number of carboxylic acid groups (broad SMARTS) is 1. The molecular weight excluding hydrogens is 383 g/mol. The number of amides is 1. The van der Waals surface area contributed by atoms with E-state index < -0.39 is 16.8 Å². The van der Waals surface area contributed by atoms with Gasteiger partial charge in [0.2, 0.25) is 0 Å². The number of nitro groups is 1. The number of aromatic carboxylic acids is 1. The van der Waals surface area contributed by atoms with Crippen LogP contribution in [0.1, 0.15) is 20.7 Å². The van der Waals surface area contributed by atoms with Gasteiger partial charge in [-0.15, -0.1) is 0 Å². The second-order valence-corrected chi connectivity index (χ2v) is 5.71. The third-order valence-electron chi connectivity index (χ3n) is 2.94. The lowest BCUT2D eigenvalue weighted by atomic mass is 10.1. The maximum atomic E-state index is 12.2. The van der Waals surface area contributed by atoms with Gasteiger partial charge in [0.1, 0.15) is 0 Å². The van der Waals surface area contributed by atoms with Crippen molar-refractivity contribution in [3.63, 3.8) is 0 Å². The quantitative estimate of drug-likeness (QED) is 0.591. The molecule has 2 N–H and O–H groups in total. The molecule has 0 heterocycles. The molecule has 1 amide bonds. The zero-order valence-electron chi connectivity index (χ0n) is 11.5. The Morgan fingerprint density at radius 3 is 2.17 bits per heavy atom. The number of nitrogens with zero attached hydrogens (tertiary/aromatic N) is 1. The molecule has 0 aliphatic rings. The van der Waals surface area contributed by atoms with Crippen molar-refractivity contribution < 1.29 is 19.6 Å². The van der Waals surface area contributed by atoms with Crippen LogP contribution in [0.4, 0.5) is 11.4 Å². The summed E-state index contributed by atoms with van der Waals surface area (Å²) in [7, 11) is 0. The number of anilines is 1. The second-order valence-electron chi connectivity index (χ2n) is 4.49. The first kappa shape index (κ1) is 18.0. The van der Waals surface area contributed by atoms with Gasteiger partial charge in [-0.1, -0.05) is 34.8 Å². The average molecular weight is 390 g/mol. The zero-order chi connectivity index (χ0) is 18.0. The number of carbonyl (C=O) groups is 2. The molecule has 7 nitrogen and oxygen atoms in total. The molecule has 10 heteroatoms. The van der Waals surface area contributed by atoms with Crippen LogP contribution in [0.5, 0.6) is 0 Å². The van der Waals surface area contributed by atoms with E-state index in [2.05, 4.69) is 5.32 Å². The Morgan fingerprint density at radius 2 is 1.62 bits per heavy atom. The number of non-ortho nitro benzene ring substituents is 1. The van der Waals surface area contributed by atoms with E-state index in [-0.39, 0.29) is 37.6 Å². The number of benzene rings is 2. The topological polar surface area (TPSA) is 110 Å². The van der Waals surface area contributed by atoms with Gasteiger partial charge in [0.15, 0.2) is 0 Å². The fourth-order valence-electron chi connectivity index (χ4n) is 1.80. The minimum absolute atomic E-state index is 0.0119. The molecule has 0 saturated heterocycles. The summed E-state index contributed by atoms with van der Waals surface area (Å²) in [4.78, 5) is 33.3. The minimum atomic E-state index is -1.29. The SMILES string of the molecule is O=C(O)c1cc(NC(=O)c2ccc([N+](=O)[O-])cc2Cl)c(Cl)cc1Cl. The van der Waals surface area contributed by atoms with E-state index in [1.165, 1.54) is 12.1 Å². The first-order valence-electron chi connectivity index (χ1n) is 6.18. The van der Waals surface area contributed by atoms with Gasteiger partial charge in [-0.3, -0.25) is 14.9 Å². The summed E-state index contributed by atoms with van der Waals surface area (Å²) in [6.45, 7) is 0. The lowest BCUT2D eigenvalue weighted by molar-refractivity contribution is -0.384. The molecule has 24 heavy (non-hydrogen) atoms. The number of hydrogen-bond donors (Lipinski definition) is 2. The highest BCUT2D eigenvalue weighted by molar-refractivity contribution is 6.39. The smallest absolute Gasteiger partial charge is 0.337 e. The molecule has 0 radical (unpaired) electrons. The second kappa shape index (κ2) is 7.04. The fourth-order valence-corrected chi connectivity index (χ4v) is 2.57. The van der Waals surface area contributed by atoms with Gasteiger partial charge in [-0.05, 0) is 18.2 Å². The lowest BCUT2D eigenvalue weighted by Gasteiger charge is -2.10. The fraction of sp³-hybridized carbons (Fsp3) is 0. The zero-order valence-corrected chi connectivity index (χ0v) is 13.8. The number of carbonyl (C=O) groups excluding carboxylic acids is 1. The van der Waals surface area contributed by atoms with E-state index >= 15 is 0 Å². The van der Waals surface area contributed by atoms with Crippen LogP contribution in [0, 0.1) is 10.1 Å². The van der Waals surface area contributed by atoms with Crippen LogP contribution in [0.2, 0.25) is 15.1 Å². The van der Waals surface area contributed by atoms with Crippen molar-refractivity contribution in [3.8, 4) is 0 Å². The third-order valence-corrected chi connectivity index (χ3v) is 3.88. The first-order valence-corrected chi connectivity index (χ1v) is 7.31. The summed E-state index contributed by atoms with van der Waals surface area (Å²) in [5.41, 5.74) is -0.538. The predicted molar refractivity (Wildman–Crippen MR) is 89.5 cm³/mol. The molecule has 2 aromatic rings. The number of hydrogen-bond acceptors (Lipinski definition) is 4. The molecule has 2 rings (SSSR count). The molecule has 124 valence electrons. The molecule has 0 aliphatic heterocycles. The van der Waals surface area contributed by atoms with Gasteiger partial charge >= 0.3 is 5.97 Å². The molecule has 0 unspecified atom stereocenters.